The van der Waals surface area contributed by atoms with Crippen LogP contribution in [0, 0.1) is 0 Å². The van der Waals surface area contributed by atoms with E-state index >= 15 is 0 Å². The zero-order valence-electron chi connectivity index (χ0n) is 27.4. The van der Waals surface area contributed by atoms with Crippen LogP contribution in [-0.4, -0.2) is 19.9 Å². The van der Waals surface area contributed by atoms with Gasteiger partial charge in [-0.1, -0.05) is 91.0 Å². The molecule has 5 nitrogen and oxygen atoms in total. The summed E-state index contributed by atoms with van der Waals surface area (Å²) in [7, 11) is 0. The number of pyridine rings is 4. The van der Waals surface area contributed by atoms with Crippen molar-refractivity contribution in [1.82, 2.24) is 19.9 Å². The number of nitrogens with zero attached hydrogens (tertiary/aromatic N) is 4. The maximum atomic E-state index is 6.55. The number of aromatic nitrogens is 4. The fraction of sp³-hybridized carbons (Fsp3) is 0. The van der Waals surface area contributed by atoms with Crippen LogP contribution in [0.1, 0.15) is 0 Å². The van der Waals surface area contributed by atoms with Gasteiger partial charge in [0, 0.05) is 44.9 Å². The zero-order chi connectivity index (χ0) is 33.7. The molecule has 51 heavy (non-hydrogen) atoms. The molecule has 0 saturated carbocycles. The molecule has 10 rings (SSSR count). The summed E-state index contributed by atoms with van der Waals surface area (Å²) < 4.78 is 6.55. The van der Waals surface area contributed by atoms with E-state index in [0.29, 0.717) is 0 Å². The minimum Gasteiger partial charge on any atom is -0.455 e. The van der Waals surface area contributed by atoms with Crippen LogP contribution in [0.5, 0.6) is 0 Å². The number of hydrogen-bond donors (Lipinski definition) is 0. The number of para-hydroxylation sites is 2. The fourth-order valence-corrected chi connectivity index (χ4v) is 7.15. The molecule has 0 aliphatic heterocycles. The SMILES string of the molecule is c1ccc(-c2cc(-c3cccc(-c4cccc(-c5nc6ccccc6c6c5ccc5c7ccccc7oc56)c4)c3)cc(-c3ccccn3)n2)nc1. The standard InChI is InChI=1S/C46H28N4O/c1-3-17-38-36(16-1)44-37(22-21-35-34-15-2-4-20-43(34)51-46(35)44)45(50-38)32-14-10-12-30(26-32)29-11-9-13-31(25-29)33-27-41(39-18-5-7-23-47-39)49-42(28-33)40-19-6-8-24-48-40/h1-28H. The predicted molar refractivity (Wildman–Crippen MR) is 207 cm³/mol. The summed E-state index contributed by atoms with van der Waals surface area (Å²) >= 11 is 0. The normalized spacial score (nSPS) is 11.5. The van der Waals surface area contributed by atoms with E-state index in [1.807, 2.05) is 54.6 Å². The lowest BCUT2D eigenvalue weighted by molar-refractivity contribution is 0.673. The second-order valence-electron chi connectivity index (χ2n) is 12.7. The molecule has 0 atom stereocenters. The Balaban J connectivity index is 1.12. The van der Waals surface area contributed by atoms with Gasteiger partial charge in [-0.15, -0.1) is 0 Å². The number of benzene rings is 5. The van der Waals surface area contributed by atoms with Gasteiger partial charge in [0.15, 0.2) is 0 Å². The van der Waals surface area contributed by atoms with Crippen LogP contribution in [-0.2, 0) is 0 Å². The summed E-state index contributed by atoms with van der Waals surface area (Å²) in [5.74, 6) is 0. The van der Waals surface area contributed by atoms with E-state index in [9.17, 15) is 0 Å². The molecule has 238 valence electrons. The predicted octanol–water partition coefficient (Wildman–Crippen LogP) is 11.8. The van der Waals surface area contributed by atoms with Crippen LogP contribution in [0.2, 0.25) is 0 Å². The van der Waals surface area contributed by atoms with Crippen LogP contribution >= 0.6 is 0 Å². The van der Waals surface area contributed by atoms with E-state index < -0.39 is 0 Å². The summed E-state index contributed by atoms with van der Waals surface area (Å²) in [6, 6.07) is 54.2. The summed E-state index contributed by atoms with van der Waals surface area (Å²) in [5.41, 5.74) is 12.3. The third kappa shape index (κ3) is 5.03. The van der Waals surface area contributed by atoms with Gasteiger partial charge in [0.05, 0.1) is 34.0 Å². The molecule has 0 radical (unpaired) electrons. The summed E-state index contributed by atoms with van der Waals surface area (Å²) in [6.45, 7) is 0. The number of furan rings is 1. The third-order valence-electron chi connectivity index (χ3n) is 9.55. The highest BCUT2D eigenvalue weighted by molar-refractivity contribution is 6.24. The molecule has 10 aromatic rings. The van der Waals surface area contributed by atoms with Crippen molar-refractivity contribution in [2.24, 2.45) is 0 Å². The van der Waals surface area contributed by atoms with Gasteiger partial charge >= 0.3 is 0 Å². The maximum Gasteiger partial charge on any atom is 0.144 e. The minimum absolute atomic E-state index is 0.800. The molecule has 0 spiro atoms. The molecule has 0 bridgehead atoms. The number of rotatable bonds is 5. The van der Waals surface area contributed by atoms with Crippen molar-refractivity contribution in [3.63, 3.8) is 0 Å². The molecule has 0 saturated heterocycles. The minimum atomic E-state index is 0.800. The van der Waals surface area contributed by atoms with E-state index in [1.54, 1.807) is 12.4 Å². The van der Waals surface area contributed by atoms with Crippen LogP contribution in [0.15, 0.2) is 175 Å². The van der Waals surface area contributed by atoms with Crippen molar-refractivity contribution in [2.75, 3.05) is 0 Å². The lowest BCUT2D eigenvalue weighted by Gasteiger charge is -2.13. The lowest BCUT2D eigenvalue weighted by Crippen LogP contribution is -1.94. The molecular weight excluding hydrogens is 625 g/mol. The smallest absolute Gasteiger partial charge is 0.144 e. The van der Waals surface area contributed by atoms with Crippen LogP contribution in [0.4, 0.5) is 0 Å². The topological polar surface area (TPSA) is 64.7 Å². The molecule has 5 aromatic heterocycles. The summed E-state index contributed by atoms with van der Waals surface area (Å²) in [6.07, 6.45) is 3.59. The molecule has 0 amide bonds. The maximum absolute atomic E-state index is 6.55. The van der Waals surface area contributed by atoms with E-state index in [0.717, 1.165) is 99.9 Å². The van der Waals surface area contributed by atoms with Gasteiger partial charge < -0.3 is 4.42 Å². The summed E-state index contributed by atoms with van der Waals surface area (Å²) in [5, 5.41) is 5.46. The molecule has 0 unspecified atom stereocenters. The van der Waals surface area contributed by atoms with Crippen LogP contribution in [0.25, 0.3) is 99.9 Å². The first-order valence-corrected chi connectivity index (χ1v) is 17.0. The Morgan fingerprint density at radius 1 is 0.373 bits per heavy atom. The fourth-order valence-electron chi connectivity index (χ4n) is 7.15. The van der Waals surface area contributed by atoms with Gasteiger partial charge in [-0.2, -0.15) is 0 Å². The van der Waals surface area contributed by atoms with E-state index in [4.69, 9.17) is 14.4 Å². The third-order valence-corrected chi connectivity index (χ3v) is 9.55. The van der Waals surface area contributed by atoms with Gasteiger partial charge in [-0.3, -0.25) is 9.97 Å². The highest BCUT2D eigenvalue weighted by Gasteiger charge is 2.18. The zero-order valence-corrected chi connectivity index (χ0v) is 27.4. The van der Waals surface area contributed by atoms with Gasteiger partial charge in [0.2, 0.25) is 0 Å². The van der Waals surface area contributed by atoms with Crippen LogP contribution in [0.3, 0.4) is 0 Å². The molecule has 0 aliphatic carbocycles. The quantitative estimate of drug-likeness (QED) is 0.173. The Morgan fingerprint density at radius 2 is 0.961 bits per heavy atom. The molecular formula is C46H28N4O. The van der Waals surface area contributed by atoms with E-state index in [2.05, 4.69) is 113 Å². The second-order valence-corrected chi connectivity index (χ2v) is 12.7. The molecule has 5 heterocycles. The first-order valence-electron chi connectivity index (χ1n) is 17.0. The average Bonchev–Trinajstić information content (AvgIpc) is 3.60. The van der Waals surface area contributed by atoms with E-state index in [1.165, 1.54) is 0 Å². The summed E-state index contributed by atoms with van der Waals surface area (Å²) in [4.78, 5) is 19.4. The van der Waals surface area contributed by atoms with Crippen molar-refractivity contribution in [1.29, 1.82) is 0 Å². The Kier molecular flexibility index (Phi) is 6.74. The first kappa shape index (κ1) is 29.0. The highest BCUT2D eigenvalue weighted by atomic mass is 16.3. The number of fused-ring (bicyclic) bond motifs is 7. The molecule has 5 aromatic carbocycles. The van der Waals surface area contributed by atoms with Gasteiger partial charge in [0.25, 0.3) is 0 Å². The Labute approximate surface area is 293 Å². The van der Waals surface area contributed by atoms with Crippen molar-refractivity contribution >= 4 is 43.6 Å². The second kappa shape index (κ2) is 11.9. The Bertz CT molecular complexity index is 2860. The highest BCUT2D eigenvalue weighted by Crippen LogP contribution is 2.41. The largest absolute Gasteiger partial charge is 0.455 e. The van der Waals surface area contributed by atoms with Crippen LogP contribution < -0.4 is 0 Å². The molecule has 5 heteroatoms. The average molecular weight is 653 g/mol. The van der Waals surface area contributed by atoms with Gasteiger partial charge in [-0.05, 0) is 89.0 Å². The van der Waals surface area contributed by atoms with Crippen molar-refractivity contribution in [3.8, 4) is 56.3 Å². The van der Waals surface area contributed by atoms with E-state index in [-0.39, 0.29) is 0 Å². The number of hydrogen-bond acceptors (Lipinski definition) is 5. The Hall–Kier alpha value is -6.98. The molecule has 0 aliphatic rings. The first-order chi connectivity index (χ1) is 25.3. The van der Waals surface area contributed by atoms with Crippen molar-refractivity contribution < 1.29 is 4.42 Å². The van der Waals surface area contributed by atoms with Crippen molar-refractivity contribution in [2.45, 2.75) is 0 Å². The Morgan fingerprint density at radius 3 is 1.67 bits per heavy atom. The van der Waals surface area contributed by atoms with Crippen molar-refractivity contribution in [3.05, 3.63) is 170 Å². The van der Waals surface area contributed by atoms with Gasteiger partial charge in [-0.25, -0.2) is 9.97 Å². The lowest BCUT2D eigenvalue weighted by atomic mass is 9.94. The monoisotopic (exact) mass is 652 g/mol. The molecule has 0 N–H and O–H groups in total. The molecule has 0 fully saturated rings. The van der Waals surface area contributed by atoms with Gasteiger partial charge in [0.1, 0.15) is 11.2 Å².